The van der Waals surface area contributed by atoms with E-state index in [1.54, 1.807) is 6.33 Å². The number of hydrogen-bond acceptors (Lipinski definition) is 6. The average molecular weight is 299 g/mol. The van der Waals surface area contributed by atoms with Crippen LogP contribution in [0, 0.1) is 0 Å². The molecule has 7 nitrogen and oxygen atoms in total. The molecule has 1 aliphatic rings. The summed E-state index contributed by atoms with van der Waals surface area (Å²) in [6, 6.07) is 7.97. The summed E-state index contributed by atoms with van der Waals surface area (Å²) in [5, 5.41) is 7.35. The van der Waals surface area contributed by atoms with Crippen molar-refractivity contribution in [3.8, 4) is 0 Å². The Morgan fingerprint density at radius 3 is 3.14 bits per heavy atom. The van der Waals surface area contributed by atoms with E-state index in [0.717, 1.165) is 17.6 Å². The van der Waals surface area contributed by atoms with Crippen LogP contribution in [0.3, 0.4) is 0 Å². The quantitative estimate of drug-likeness (QED) is 0.790. The predicted molar refractivity (Wildman–Crippen MR) is 79.3 cm³/mol. The zero-order chi connectivity index (χ0) is 14.9. The van der Waals surface area contributed by atoms with Crippen molar-refractivity contribution >= 4 is 11.0 Å². The zero-order valence-corrected chi connectivity index (χ0v) is 12.3. The average Bonchev–Trinajstić information content (AvgIpc) is 3.16. The smallest absolute Gasteiger partial charge is 0.257 e. The van der Waals surface area contributed by atoms with Crippen molar-refractivity contribution in [1.29, 1.82) is 0 Å². The SMILES string of the molecule is C[C@@H]1CNC[C@H](c2nc(Cn3cnc4ccccc43)no2)O1. The number of nitrogens with one attached hydrogen (secondary N) is 1. The molecule has 1 aromatic carbocycles. The van der Waals surface area contributed by atoms with Gasteiger partial charge in [-0.1, -0.05) is 17.3 Å². The molecule has 1 aliphatic heterocycles. The molecular weight excluding hydrogens is 282 g/mol. The summed E-state index contributed by atoms with van der Waals surface area (Å²) < 4.78 is 13.2. The van der Waals surface area contributed by atoms with Crippen LogP contribution >= 0.6 is 0 Å². The van der Waals surface area contributed by atoms with Crippen molar-refractivity contribution in [2.24, 2.45) is 0 Å². The molecule has 7 heteroatoms. The molecule has 3 heterocycles. The maximum Gasteiger partial charge on any atom is 0.257 e. The van der Waals surface area contributed by atoms with Gasteiger partial charge in [-0.3, -0.25) is 0 Å². The summed E-state index contributed by atoms with van der Waals surface area (Å²) in [5.41, 5.74) is 2.01. The first kappa shape index (κ1) is 13.4. The summed E-state index contributed by atoms with van der Waals surface area (Å²) in [7, 11) is 0. The number of imidazole rings is 1. The standard InChI is InChI=1S/C15H17N5O2/c1-10-6-16-7-13(21-10)15-18-14(19-22-15)8-20-9-17-11-4-2-3-5-12(11)20/h2-5,9-10,13,16H,6-8H2,1H3/t10-,13-/m1/s1. The number of aromatic nitrogens is 4. The predicted octanol–water partition coefficient (Wildman–Crippen LogP) is 1.52. The molecule has 1 saturated heterocycles. The highest BCUT2D eigenvalue weighted by Crippen LogP contribution is 2.20. The van der Waals surface area contributed by atoms with Gasteiger partial charge in [-0.15, -0.1) is 0 Å². The van der Waals surface area contributed by atoms with E-state index >= 15 is 0 Å². The van der Waals surface area contributed by atoms with Crippen molar-refractivity contribution < 1.29 is 9.26 Å². The lowest BCUT2D eigenvalue weighted by molar-refractivity contribution is -0.0438. The lowest BCUT2D eigenvalue weighted by atomic mass is 10.2. The molecule has 1 fully saturated rings. The fraction of sp³-hybridized carbons (Fsp3) is 0.400. The summed E-state index contributed by atoms with van der Waals surface area (Å²) in [4.78, 5) is 8.82. The molecule has 0 saturated carbocycles. The minimum absolute atomic E-state index is 0.145. The van der Waals surface area contributed by atoms with Gasteiger partial charge in [0, 0.05) is 13.1 Å². The maximum atomic E-state index is 5.81. The molecule has 0 amide bonds. The van der Waals surface area contributed by atoms with E-state index in [4.69, 9.17) is 9.26 Å². The Kier molecular flexibility index (Phi) is 3.36. The Morgan fingerprint density at radius 2 is 2.23 bits per heavy atom. The van der Waals surface area contributed by atoms with Crippen molar-refractivity contribution in [3.05, 3.63) is 42.3 Å². The number of rotatable bonds is 3. The van der Waals surface area contributed by atoms with Gasteiger partial charge >= 0.3 is 0 Å². The molecule has 22 heavy (non-hydrogen) atoms. The fourth-order valence-electron chi connectivity index (χ4n) is 2.69. The third kappa shape index (κ3) is 2.49. The number of para-hydroxylation sites is 2. The van der Waals surface area contributed by atoms with E-state index in [1.807, 2.05) is 35.8 Å². The molecule has 3 aromatic rings. The van der Waals surface area contributed by atoms with E-state index in [9.17, 15) is 0 Å². The van der Waals surface area contributed by atoms with Gasteiger partial charge in [0.15, 0.2) is 5.82 Å². The molecule has 0 radical (unpaired) electrons. The van der Waals surface area contributed by atoms with Gasteiger partial charge in [-0.25, -0.2) is 4.98 Å². The van der Waals surface area contributed by atoms with Crippen molar-refractivity contribution in [1.82, 2.24) is 25.0 Å². The highest BCUT2D eigenvalue weighted by molar-refractivity contribution is 5.74. The highest BCUT2D eigenvalue weighted by atomic mass is 16.5. The van der Waals surface area contributed by atoms with Gasteiger partial charge in [0.05, 0.1) is 30.0 Å². The Morgan fingerprint density at radius 1 is 1.32 bits per heavy atom. The third-order valence-corrected chi connectivity index (χ3v) is 3.76. The molecule has 1 N–H and O–H groups in total. The number of fused-ring (bicyclic) bond motifs is 1. The van der Waals surface area contributed by atoms with Gasteiger partial charge in [0.1, 0.15) is 6.10 Å². The number of nitrogens with zero attached hydrogens (tertiary/aromatic N) is 4. The lowest BCUT2D eigenvalue weighted by Gasteiger charge is -2.25. The Bertz CT molecular complexity index is 781. The third-order valence-electron chi connectivity index (χ3n) is 3.76. The van der Waals surface area contributed by atoms with Gasteiger partial charge < -0.3 is 19.1 Å². The summed E-state index contributed by atoms with van der Waals surface area (Å²) >= 11 is 0. The minimum Gasteiger partial charge on any atom is -0.363 e. The second-order valence-corrected chi connectivity index (χ2v) is 5.50. The van der Waals surface area contributed by atoms with Crippen molar-refractivity contribution in [2.75, 3.05) is 13.1 Å². The van der Waals surface area contributed by atoms with Gasteiger partial charge in [0.25, 0.3) is 5.89 Å². The van der Waals surface area contributed by atoms with E-state index in [2.05, 4.69) is 20.4 Å². The van der Waals surface area contributed by atoms with Crippen LogP contribution < -0.4 is 5.32 Å². The molecule has 0 bridgehead atoms. The largest absolute Gasteiger partial charge is 0.363 e. The molecule has 0 spiro atoms. The molecule has 0 unspecified atom stereocenters. The summed E-state index contributed by atoms with van der Waals surface area (Å²) in [6.45, 7) is 4.09. The van der Waals surface area contributed by atoms with Crippen LogP contribution in [0.2, 0.25) is 0 Å². The van der Waals surface area contributed by atoms with Crippen molar-refractivity contribution in [2.45, 2.75) is 25.7 Å². The van der Waals surface area contributed by atoms with Crippen LogP contribution in [0.4, 0.5) is 0 Å². The maximum absolute atomic E-state index is 5.81. The first-order valence-electron chi connectivity index (χ1n) is 7.38. The van der Waals surface area contributed by atoms with Crippen LogP contribution in [0.15, 0.2) is 35.1 Å². The molecule has 2 aromatic heterocycles. The van der Waals surface area contributed by atoms with Crippen LogP contribution in [-0.2, 0) is 11.3 Å². The summed E-state index contributed by atoms with van der Waals surface area (Å²) in [6.07, 6.45) is 1.76. The molecule has 4 rings (SSSR count). The van der Waals surface area contributed by atoms with Crippen LogP contribution in [0.1, 0.15) is 24.7 Å². The number of morpholine rings is 1. The first-order chi connectivity index (χ1) is 10.8. The second-order valence-electron chi connectivity index (χ2n) is 5.50. The van der Waals surface area contributed by atoms with Crippen molar-refractivity contribution in [3.63, 3.8) is 0 Å². The number of hydrogen-bond donors (Lipinski definition) is 1. The molecule has 0 aliphatic carbocycles. The van der Waals surface area contributed by atoms with E-state index < -0.39 is 0 Å². The molecular formula is C15H17N5O2. The van der Waals surface area contributed by atoms with Gasteiger partial charge in [0.2, 0.25) is 0 Å². The number of ether oxygens (including phenoxy) is 1. The fourth-order valence-corrected chi connectivity index (χ4v) is 2.69. The van der Waals surface area contributed by atoms with Crippen LogP contribution in [0.5, 0.6) is 0 Å². The van der Waals surface area contributed by atoms with E-state index in [0.29, 0.717) is 24.8 Å². The van der Waals surface area contributed by atoms with E-state index in [1.165, 1.54) is 0 Å². The monoisotopic (exact) mass is 299 g/mol. The Hall–Kier alpha value is -2.25. The van der Waals surface area contributed by atoms with Crippen LogP contribution in [-0.4, -0.2) is 38.9 Å². The minimum atomic E-state index is -0.176. The Labute approximate surface area is 127 Å². The lowest BCUT2D eigenvalue weighted by Crippen LogP contribution is -2.39. The molecule has 2 atom stereocenters. The van der Waals surface area contributed by atoms with Crippen LogP contribution in [0.25, 0.3) is 11.0 Å². The number of benzene rings is 1. The molecule has 114 valence electrons. The second kappa shape index (κ2) is 5.51. The van der Waals surface area contributed by atoms with Gasteiger partial charge in [-0.2, -0.15) is 4.98 Å². The normalized spacial score (nSPS) is 22.2. The highest BCUT2D eigenvalue weighted by Gasteiger charge is 2.25. The first-order valence-corrected chi connectivity index (χ1v) is 7.38. The van der Waals surface area contributed by atoms with E-state index in [-0.39, 0.29) is 12.2 Å². The zero-order valence-electron chi connectivity index (χ0n) is 12.3. The topological polar surface area (TPSA) is 78.0 Å². The Balaban J connectivity index is 1.54. The van der Waals surface area contributed by atoms with Gasteiger partial charge in [-0.05, 0) is 19.1 Å². The summed E-state index contributed by atoms with van der Waals surface area (Å²) in [5.74, 6) is 1.15.